The Balaban J connectivity index is 1.93. The minimum absolute atomic E-state index is 0.180. The van der Waals surface area contributed by atoms with Crippen LogP contribution in [-0.2, 0) is 0 Å². The standard InChI is InChI=1S/C16H19F2N5/c1-2-22-5-7-23(8-6-22)16-14(19)15(20-10-21-16)12-4-3-11(17)9-13(12)18/h3-4,9-10H,2,5-8,19H2,1H3. The summed E-state index contributed by atoms with van der Waals surface area (Å²) in [5.74, 6) is -0.707. The zero-order valence-electron chi connectivity index (χ0n) is 13.0. The van der Waals surface area contributed by atoms with Crippen molar-refractivity contribution in [2.75, 3.05) is 43.4 Å². The zero-order valence-corrected chi connectivity index (χ0v) is 13.0. The second-order valence-corrected chi connectivity index (χ2v) is 5.51. The van der Waals surface area contributed by atoms with Gasteiger partial charge in [-0.3, -0.25) is 0 Å². The molecule has 7 heteroatoms. The van der Waals surface area contributed by atoms with E-state index in [1.54, 1.807) is 0 Å². The van der Waals surface area contributed by atoms with E-state index >= 15 is 0 Å². The summed E-state index contributed by atoms with van der Waals surface area (Å²) in [5, 5.41) is 0. The number of halogens is 2. The van der Waals surface area contributed by atoms with E-state index in [9.17, 15) is 8.78 Å². The maximum atomic E-state index is 14.0. The van der Waals surface area contributed by atoms with Gasteiger partial charge in [0.25, 0.3) is 0 Å². The van der Waals surface area contributed by atoms with E-state index in [1.807, 2.05) is 0 Å². The molecule has 0 unspecified atom stereocenters. The first-order valence-corrected chi connectivity index (χ1v) is 7.63. The van der Waals surface area contributed by atoms with E-state index in [1.165, 1.54) is 18.5 Å². The topological polar surface area (TPSA) is 58.3 Å². The molecule has 2 N–H and O–H groups in total. The molecule has 1 aliphatic rings. The van der Waals surface area contributed by atoms with Crippen LogP contribution in [0.4, 0.5) is 20.3 Å². The molecule has 0 spiro atoms. The van der Waals surface area contributed by atoms with Crippen LogP contribution in [0.5, 0.6) is 0 Å². The summed E-state index contributed by atoms with van der Waals surface area (Å²) in [4.78, 5) is 12.8. The van der Waals surface area contributed by atoms with Gasteiger partial charge in [-0.1, -0.05) is 6.92 Å². The van der Waals surface area contributed by atoms with Gasteiger partial charge in [0.05, 0.1) is 0 Å². The maximum absolute atomic E-state index is 14.0. The van der Waals surface area contributed by atoms with Crippen LogP contribution < -0.4 is 10.6 Å². The number of nitrogen functional groups attached to an aromatic ring is 1. The minimum atomic E-state index is -0.683. The third-order valence-corrected chi connectivity index (χ3v) is 4.17. The number of rotatable bonds is 3. The summed E-state index contributed by atoms with van der Waals surface area (Å²) >= 11 is 0. The molecule has 3 rings (SSSR count). The van der Waals surface area contributed by atoms with Gasteiger partial charge >= 0.3 is 0 Å². The highest BCUT2D eigenvalue weighted by Crippen LogP contribution is 2.32. The van der Waals surface area contributed by atoms with Crippen molar-refractivity contribution in [3.05, 3.63) is 36.2 Å². The number of nitrogens with zero attached hydrogens (tertiary/aromatic N) is 4. The Kier molecular flexibility index (Phi) is 4.38. The number of piperazine rings is 1. The lowest BCUT2D eigenvalue weighted by molar-refractivity contribution is 0.270. The molecule has 2 aromatic rings. The van der Waals surface area contributed by atoms with Crippen LogP contribution in [0.2, 0.25) is 0 Å². The molecule has 1 aromatic heterocycles. The number of hydrogen-bond donors (Lipinski definition) is 1. The van der Waals surface area contributed by atoms with E-state index in [4.69, 9.17) is 5.73 Å². The Hall–Kier alpha value is -2.28. The van der Waals surface area contributed by atoms with Crippen LogP contribution in [0.1, 0.15) is 6.92 Å². The van der Waals surface area contributed by atoms with Crippen LogP contribution in [-0.4, -0.2) is 47.6 Å². The Bertz CT molecular complexity index is 699. The Morgan fingerprint density at radius 1 is 1.13 bits per heavy atom. The summed E-state index contributed by atoms with van der Waals surface area (Å²) in [5.41, 5.74) is 6.98. The molecule has 1 aliphatic heterocycles. The SMILES string of the molecule is CCN1CCN(c2ncnc(-c3ccc(F)cc3F)c2N)CC1. The lowest BCUT2D eigenvalue weighted by Crippen LogP contribution is -2.46. The van der Waals surface area contributed by atoms with E-state index in [0.29, 0.717) is 17.2 Å². The summed E-state index contributed by atoms with van der Waals surface area (Å²) in [7, 11) is 0. The molecule has 1 fully saturated rings. The van der Waals surface area contributed by atoms with Crippen molar-refractivity contribution < 1.29 is 8.78 Å². The Morgan fingerprint density at radius 3 is 2.52 bits per heavy atom. The van der Waals surface area contributed by atoms with Crippen molar-refractivity contribution in [1.29, 1.82) is 0 Å². The second kappa shape index (κ2) is 6.45. The largest absolute Gasteiger partial charge is 0.394 e. The molecular formula is C16H19F2N5. The average Bonchev–Trinajstić information content (AvgIpc) is 2.56. The fourth-order valence-corrected chi connectivity index (χ4v) is 2.81. The summed E-state index contributed by atoms with van der Waals surface area (Å²) in [6.45, 7) is 6.62. The molecule has 0 atom stereocenters. The minimum Gasteiger partial charge on any atom is -0.394 e. The molecule has 2 heterocycles. The average molecular weight is 319 g/mol. The van der Waals surface area contributed by atoms with Gasteiger partial charge in [0, 0.05) is 37.8 Å². The molecule has 5 nitrogen and oxygen atoms in total. The lowest BCUT2D eigenvalue weighted by Gasteiger charge is -2.35. The summed E-state index contributed by atoms with van der Waals surface area (Å²) in [6.07, 6.45) is 1.37. The van der Waals surface area contributed by atoms with Crippen LogP contribution in [0, 0.1) is 11.6 Å². The van der Waals surface area contributed by atoms with Crippen LogP contribution in [0.25, 0.3) is 11.3 Å². The smallest absolute Gasteiger partial charge is 0.155 e. The lowest BCUT2D eigenvalue weighted by atomic mass is 10.1. The monoisotopic (exact) mass is 319 g/mol. The predicted octanol–water partition coefficient (Wildman–Crippen LogP) is 2.15. The number of anilines is 2. The third-order valence-electron chi connectivity index (χ3n) is 4.17. The Labute approximate surface area is 133 Å². The number of nitrogens with two attached hydrogens (primary N) is 1. The fourth-order valence-electron chi connectivity index (χ4n) is 2.81. The molecule has 0 amide bonds. The fraction of sp³-hybridized carbons (Fsp3) is 0.375. The number of hydrogen-bond acceptors (Lipinski definition) is 5. The van der Waals surface area contributed by atoms with Gasteiger partial charge in [-0.15, -0.1) is 0 Å². The maximum Gasteiger partial charge on any atom is 0.155 e. The third kappa shape index (κ3) is 3.10. The number of benzene rings is 1. The van der Waals surface area contributed by atoms with Crippen molar-refractivity contribution in [2.24, 2.45) is 0 Å². The van der Waals surface area contributed by atoms with E-state index in [-0.39, 0.29) is 5.56 Å². The summed E-state index contributed by atoms with van der Waals surface area (Å²) < 4.78 is 27.1. The first-order valence-electron chi connectivity index (χ1n) is 7.63. The predicted molar refractivity (Wildman–Crippen MR) is 86.1 cm³/mol. The highest BCUT2D eigenvalue weighted by atomic mass is 19.1. The van der Waals surface area contributed by atoms with Gasteiger partial charge in [0.15, 0.2) is 5.82 Å². The van der Waals surface area contributed by atoms with Crippen molar-refractivity contribution in [3.8, 4) is 11.3 Å². The molecule has 0 saturated carbocycles. The Morgan fingerprint density at radius 2 is 1.87 bits per heavy atom. The van der Waals surface area contributed by atoms with Crippen LogP contribution in [0.15, 0.2) is 24.5 Å². The van der Waals surface area contributed by atoms with Crippen molar-refractivity contribution in [2.45, 2.75) is 6.92 Å². The molecule has 122 valence electrons. The summed E-state index contributed by atoms with van der Waals surface area (Å²) in [6, 6.07) is 3.37. The zero-order chi connectivity index (χ0) is 16.4. The highest BCUT2D eigenvalue weighted by molar-refractivity contribution is 5.81. The van der Waals surface area contributed by atoms with Gasteiger partial charge in [-0.2, -0.15) is 0 Å². The first kappa shape index (κ1) is 15.6. The van der Waals surface area contributed by atoms with E-state index < -0.39 is 11.6 Å². The van der Waals surface area contributed by atoms with Gasteiger partial charge < -0.3 is 15.5 Å². The van der Waals surface area contributed by atoms with Gasteiger partial charge in [0.1, 0.15) is 29.3 Å². The van der Waals surface area contributed by atoms with Gasteiger partial charge in [0.2, 0.25) is 0 Å². The van der Waals surface area contributed by atoms with Gasteiger partial charge in [-0.05, 0) is 18.7 Å². The molecular weight excluding hydrogens is 300 g/mol. The quantitative estimate of drug-likeness (QED) is 0.939. The van der Waals surface area contributed by atoms with Crippen molar-refractivity contribution in [1.82, 2.24) is 14.9 Å². The molecule has 1 aromatic carbocycles. The number of aromatic nitrogens is 2. The molecule has 0 radical (unpaired) electrons. The van der Waals surface area contributed by atoms with E-state index in [0.717, 1.165) is 38.8 Å². The first-order chi connectivity index (χ1) is 11.1. The highest BCUT2D eigenvalue weighted by Gasteiger charge is 2.21. The number of likely N-dealkylation sites (N-methyl/N-ethyl adjacent to an activating group) is 1. The second-order valence-electron chi connectivity index (χ2n) is 5.51. The molecule has 1 saturated heterocycles. The normalized spacial score (nSPS) is 15.9. The van der Waals surface area contributed by atoms with E-state index in [2.05, 4.69) is 26.7 Å². The van der Waals surface area contributed by atoms with Crippen LogP contribution >= 0.6 is 0 Å². The van der Waals surface area contributed by atoms with Crippen LogP contribution in [0.3, 0.4) is 0 Å². The molecule has 0 bridgehead atoms. The van der Waals surface area contributed by atoms with Crippen molar-refractivity contribution >= 4 is 11.5 Å². The van der Waals surface area contributed by atoms with Gasteiger partial charge in [-0.25, -0.2) is 18.7 Å². The molecule has 23 heavy (non-hydrogen) atoms. The molecule has 0 aliphatic carbocycles. The van der Waals surface area contributed by atoms with Crippen molar-refractivity contribution in [3.63, 3.8) is 0 Å².